The number of aryl methyl sites for hydroxylation is 2. The van der Waals surface area contributed by atoms with Crippen LogP contribution in [0.2, 0.25) is 0 Å². The largest absolute Gasteiger partial charge is 0.334 e. The average molecular weight is 483 g/mol. The number of thioether (sulfide) groups is 1. The van der Waals surface area contributed by atoms with Crippen molar-refractivity contribution in [3.05, 3.63) is 101 Å². The fourth-order valence-corrected chi connectivity index (χ4v) is 4.70. The molecule has 2 amide bonds. The van der Waals surface area contributed by atoms with Gasteiger partial charge in [0.05, 0.1) is 17.3 Å². The number of carbonyl (C=O) groups excluding carboxylic acids is 1. The van der Waals surface area contributed by atoms with Gasteiger partial charge in [0, 0.05) is 16.2 Å². The molecular weight excluding hydrogens is 456 g/mol. The Hall–Kier alpha value is -3.84. The highest BCUT2D eigenvalue weighted by Crippen LogP contribution is 2.39. The van der Waals surface area contributed by atoms with Gasteiger partial charge in [0.1, 0.15) is 0 Å². The third kappa shape index (κ3) is 4.35. The molecular formula is C28H26N4O2S. The zero-order chi connectivity index (χ0) is 24.5. The molecule has 35 heavy (non-hydrogen) atoms. The number of rotatable bonds is 5. The van der Waals surface area contributed by atoms with Crippen LogP contribution < -0.4 is 10.2 Å². The highest BCUT2D eigenvalue weighted by Gasteiger charge is 2.36. The lowest BCUT2D eigenvalue weighted by Crippen LogP contribution is -2.46. The van der Waals surface area contributed by atoms with Crippen LogP contribution in [-0.2, 0) is 0 Å². The van der Waals surface area contributed by atoms with E-state index in [1.165, 1.54) is 5.56 Å². The molecule has 1 aliphatic rings. The Labute approximate surface area is 209 Å². The molecule has 0 aliphatic carbocycles. The van der Waals surface area contributed by atoms with E-state index in [0.29, 0.717) is 11.7 Å². The number of carbonyl (C=O) groups is 1. The summed E-state index contributed by atoms with van der Waals surface area (Å²) in [5.74, 6) is 0.892. The normalized spacial score (nSPS) is 15.9. The molecule has 4 aromatic rings. The molecule has 5 rings (SSSR count). The Kier molecular flexibility index (Phi) is 6.17. The minimum atomic E-state index is -0.424. The van der Waals surface area contributed by atoms with Gasteiger partial charge in [-0.05, 0) is 68.0 Å². The maximum Gasteiger partial charge on any atom is 0.326 e. The number of aromatic nitrogens is 2. The molecule has 1 aromatic heterocycles. The lowest BCUT2D eigenvalue weighted by atomic mass is 9.92. The van der Waals surface area contributed by atoms with Crippen LogP contribution >= 0.6 is 11.8 Å². The monoisotopic (exact) mass is 482 g/mol. The van der Waals surface area contributed by atoms with Gasteiger partial charge in [-0.1, -0.05) is 53.7 Å². The Balaban J connectivity index is 1.65. The molecule has 6 nitrogen and oxygen atoms in total. The summed E-state index contributed by atoms with van der Waals surface area (Å²) in [6, 6.07) is 23.2. The molecule has 0 spiro atoms. The Morgan fingerprint density at radius 3 is 2.37 bits per heavy atom. The molecule has 1 aliphatic heterocycles. The van der Waals surface area contributed by atoms with Gasteiger partial charge in [-0.2, -0.15) is 4.98 Å². The molecule has 0 bridgehead atoms. The van der Waals surface area contributed by atoms with Gasteiger partial charge >= 0.3 is 6.03 Å². The van der Waals surface area contributed by atoms with Crippen LogP contribution in [0, 0.1) is 13.8 Å². The highest BCUT2D eigenvalue weighted by atomic mass is 32.2. The fourth-order valence-electron chi connectivity index (χ4n) is 4.29. The van der Waals surface area contributed by atoms with Crippen LogP contribution in [0.3, 0.4) is 0 Å². The standard InChI is InChI=1S/C28H26N4O2S/c1-17-10-11-21(16-18(17)2)25-24(27-30-26(31-34-27)20-8-6-5-7-9-20)19(3)32(28(33)29-25)22-12-14-23(35-4)15-13-22/h5-16,25H,1-4H3,(H,29,33). The van der Waals surface area contributed by atoms with E-state index in [2.05, 4.69) is 36.5 Å². The predicted octanol–water partition coefficient (Wildman–Crippen LogP) is 6.78. The smallest absolute Gasteiger partial charge is 0.326 e. The predicted molar refractivity (Wildman–Crippen MR) is 140 cm³/mol. The molecule has 176 valence electrons. The van der Waals surface area contributed by atoms with Crippen molar-refractivity contribution in [1.82, 2.24) is 15.5 Å². The molecule has 0 fully saturated rings. The lowest BCUT2D eigenvalue weighted by molar-refractivity contribution is 0.244. The van der Waals surface area contributed by atoms with Crippen LogP contribution in [0.25, 0.3) is 17.0 Å². The second-order valence-electron chi connectivity index (χ2n) is 8.55. The number of nitrogens with one attached hydrogen (secondary N) is 1. The second-order valence-corrected chi connectivity index (χ2v) is 9.43. The fraction of sp³-hybridized carbons (Fsp3) is 0.179. The zero-order valence-electron chi connectivity index (χ0n) is 20.1. The van der Waals surface area contributed by atoms with Gasteiger partial charge in [-0.25, -0.2) is 4.79 Å². The molecule has 0 saturated carbocycles. The summed E-state index contributed by atoms with van der Waals surface area (Å²) in [4.78, 5) is 20.9. The first-order valence-electron chi connectivity index (χ1n) is 11.4. The molecule has 2 heterocycles. The van der Waals surface area contributed by atoms with Crippen molar-refractivity contribution in [2.24, 2.45) is 0 Å². The SMILES string of the molecule is CSc1ccc(N2C(=O)NC(c3ccc(C)c(C)c3)C(c3nc(-c4ccccc4)no3)=C2C)cc1. The maximum absolute atomic E-state index is 13.4. The number of allylic oxidation sites excluding steroid dienone is 1. The third-order valence-corrected chi connectivity index (χ3v) is 7.11. The van der Waals surface area contributed by atoms with Gasteiger partial charge < -0.3 is 9.84 Å². The summed E-state index contributed by atoms with van der Waals surface area (Å²) in [6.07, 6.45) is 2.03. The van der Waals surface area contributed by atoms with Crippen molar-refractivity contribution < 1.29 is 9.32 Å². The van der Waals surface area contributed by atoms with Gasteiger partial charge in [0.25, 0.3) is 5.89 Å². The first-order valence-corrected chi connectivity index (χ1v) is 12.6. The first-order chi connectivity index (χ1) is 17.0. The van der Waals surface area contributed by atoms with Gasteiger partial charge in [-0.3, -0.25) is 4.90 Å². The third-order valence-electron chi connectivity index (χ3n) is 6.37. The van der Waals surface area contributed by atoms with Crippen LogP contribution in [0.1, 0.15) is 35.5 Å². The van der Waals surface area contributed by atoms with E-state index in [0.717, 1.165) is 38.5 Å². The molecule has 7 heteroatoms. The summed E-state index contributed by atoms with van der Waals surface area (Å²) in [5, 5.41) is 7.42. The minimum absolute atomic E-state index is 0.200. The van der Waals surface area contributed by atoms with E-state index in [1.54, 1.807) is 16.7 Å². The number of benzene rings is 3. The Morgan fingerprint density at radius 2 is 1.69 bits per heavy atom. The number of hydrogen-bond donors (Lipinski definition) is 1. The summed E-state index contributed by atoms with van der Waals surface area (Å²) in [5.41, 5.74) is 6.47. The van der Waals surface area contributed by atoms with Gasteiger partial charge in [0.2, 0.25) is 5.82 Å². The highest BCUT2D eigenvalue weighted by molar-refractivity contribution is 7.98. The van der Waals surface area contributed by atoms with Crippen LogP contribution in [0.15, 0.2) is 87.9 Å². The van der Waals surface area contributed by atoms with Gasteiger partial charge in [-0.15, -0.1) is 11.8 Å². The van der Waals surface area contributed by atoms with Crippen LogP contribution in [0.4, 0.5) is 10.5 Å². The molecule has 3 aromatic carbocycles. The van der Waals surface area contributed by atoms with E-state index in [-0.39, 0.29) is 6.03 Å². The van der Waals surface area contributed by atoms with Crippen molar-refractivity contribution in [2.45, 2.75) is 31.7 Å². The number of amides is 2. The van der Waals surface area contributed by atoms with Crippen molar-refractivity contribution in [3.8, 4) is 11.4 Å². The van der Waals surface area contributed by atoms with Crippen molar-refractivity contribution in [3.63, 3.8) is 0 Å². The quantitative estimate of drug-likeness (QED) is 0.318. The number of hydrogen-bond acceptors (Lipinski definition) is 5. The summed E-state index contributed by atoms with van der Waals surface area (Å²) < 4.78 is 5.79. The summed E-state index contributed by atoms with van der Waals surface area (Å²) >= 11 is 1.66. The van der Waals surface area contributed by atoms with E-state index in [9.17, 15) is 4.79 Å². The van der Waals surface area contributed by atoms with E-state index >= 15 is 0 Å². The van der Waals surface area contributed by atoms with Crippen molar-refractivity contribution in [1.29, 1.82) is 0 Å². The zero-order valence-corrected chi connectivity index (χ0v) is 20.9. The minimum Gasteiger partial charge on any atom is -0.334 e. The number of nitrogens with zero attached hydrogens (tertiary/aromatic N) is 3. The maximum atomic E-state index is 13.4. The topological polar surface area (TPSA) is 71.3 Å². The van der Waals surface area contributed by atoms with Crippen molar-refractivity contribution in [2.75, 3.05) is 11.2 Å². The summed E-state index contributed by atoms with van der Waals surface area (Å²) in [7, 11) is 0. The lowest BCUT2D eigenvalue weighted by Gasteiger charge is -2.35. The number of urea groups is 1. The first kappa shape index (κ1) is 22.9. The van der Waals surface area contributed by atoms with Crippen LogP contribution in [-0.4, -0.2) is 22.4 Å². The molecule has 0 saturated heterocycles. The van der Waals surface area contributed by atoms with Crippen molar-refractivity contribution >= 4 is 29.1 Å². The molecule has 1 N–H and O–H groups in total. The second kappa shape index (κ2) is 9.43. The molecule has 1 atom stereocenters. The Morgan fingerprint density at radius 1 is 0.943 bits per heavy atom. The number of anilines is 1. The van der Waals surface area contributed by atoms with E-state index < -0.39 is 6.04 Å². The Bertz CT molecular complexity index is 1410. The van der Waals surface area contributed by atoms with Gasteiger partial charge in [0.15, 0.2) is 0 Å². The average Bonchev–Trinajstić information content (AvgIpc) is 3.36. The summed E-state index contributed by atoms with van der Waals surface area (Å²) in [6.45, 7) is 6.07. The van der Waals surface area contributed by atoms with Crippen LogP contribution in [0.5, 0.6) is 0 Å². The molecule has 1 unspecified atom stereocenters. The van der Waals surface area contributed by atoms with E-state index in [4.69, 9.17) is 9.51 Å². The molecule has 0 radical (unpaired) electrons. The van der Waals surface area contributed by atoms with E-state index in [1.807, 2.05) is 73.8 Å².